The van der Waals surface area contributed by atoms with Crippen LogP contribution in [-0.2, 0) is 17.1 Å². The van der Waals surface area contributed by atoms with Gasteiger partial charge in [-0.3, -0.25) is 9.48 Å². The van der Waals surface area contributed by atoms with Crippen LogP contribution in [0.2, 0.25) is 0 Å². The highest BCUT2D eigenvalue weighted by molar-refractivity contribution is 7.89. The monoisotopic (exact) mass is 362 g/mol. The molecule has 2 aromatic rings. The van der Waals surface area contributed by atoms with Gasteiger partial charge in [-0.25, -0.2) is 8.42 Å². The first-order chi connectivity index (χ1) is 11.8. The van der Waals surface area contributed by atoms with Gasteiger partial charge in [-0.2, -0.15) is 9.40 Å². The summed E-state index contributed by atoms with van der Waals surface area (Å²) in [5, 5.41) is 4.01. The van der Waals surface area contributed by atoms with E-state index in [1.54, 1.807) is 28.9 Å². The van der Waals surface area contributed by atoms with Crippen LogP contribution in [0.5, 0.6) is 0 Å². The zero-order valence-electron chi connectivity index (χ0n) is 14.6. The van der Waals surface area contributed by atoms with Crippen LogP contribution in [0, 0.1) is 13.8 Å². The van der Waals surface area contributed by atoms with Crippen molar-refractivity contribution in [2.75, 3.05) is 26.2 Å². The summed E-state index contributed by atoms with van der Waals surface area (Å²) in [5.41, 5.74) is 2.30. The lowest BCUT2D eigenvalue weighted by Crippen LogP contribution is -2.50. The highest BCUT2D eigenvalue weighted by Gasteiger charge is 2.31. The van der Waals surface area contributed by atoms with E-state index < -0.39 is 10.0 Å². The van der Waals surface area contributed by atoms with E-state index >= 15 is 0 Å². The summed E-state index contributed by atoms with van der Waals surface area (Å²) in [6, 6.07) is 5.34. The van der Waals surface area contributed by atoms with Gasteiger partial charge in [0.15, 0.2) is 0 Å². The van der Waals surface area contributed by atoms with E-state index in [1.807, 2.05) is 26.0 Å². The average Bonchev–Trinajstić information content (AvgIpc) is 3.00. The number of amides is 1. The lowest BCUT2D eigenvalue weighted by Gasteiger charge is -2.34. The molecule has 0 unspecified atom stereocenters. The van der Waals surface area contributed by atoms with Gasteiger partial charge in [0.1, 0.15) is 0 Å². The van der Waals surface area contributed by atoms with Gasteiger partial charge < -0.3 is 4.90 Å². The predicted octanol–water partition coefficient (Wildman–Crippen LogP) is 1.18. The Bertz CT molecular complexity index is 896. The maximum absolute atomic E-state index is 12.9. The van der Waals surface area contributed by atoms with Gasteiger partial charge in [0.05, 0.1) is 16.7 Å². The minimum Gasteiger partial charge on any atom is -0.336 e. The molecule has 1 aliphatic heterocycles. The molecule has 0 spiro atoms. The van der Waals surface area contributed by atoms with Crippen LogP contribution in [0.4, 0.5) is 0 Å². The van der Waals surface area contributed by atoms with Crippen LogP contribution in [0.25, 0.3) is 0 Å². The largest absolute Gasteiger partial charge is 0.336 e. The van der Waals surface area contributed by atoms with E-state index in [9.17, 15) is 13.2 Å². The number of benzene rings is 1. The first-order valence-corrected chi connectivity index (χ1v) is 9.58. The Morgan fingerprint density at radius 2 is 1.80 bits per heavy atom. The number of hydrogen-bond donors (Lipinski definition) is 0. The van der Waals surface area contributed by atoms with Gasteiger partial charge >= 0.3 is 0 Å². The van der Waals surface area contributed by atoms with Crippen molar-refractivity contribution in [2.24, 2.45) is 7.05 Å². The fourth-order valence-corrected chi connectivity index (χ4v) is 4.70. The Hall–Kier alpha value is -2.19. The minimum atomic E-state index is -3.54. The third-order valence-corrected chi connectivity index (χ3v) is 6.48. The number of hydrogen-bond acceptors (Lipinski definition) is 4. The second kappa shape index (κ2) is 6.61. The summed E-state index contributed by atoms with van der Waals surface area (Å²) in [4.78, 5) is 14.4. The van der Waals surface area contributed by atoms with Crippen molar-refractivity contribution in [3.05, 3.63) is 47.3 Å². The summed E-state index contributed by atoms with van der Waals surface area (Å²) in [6.07, 6.45) is 3.20. The second-order valence-corrected chi connectivity index (χ2v) is 8.27. The van der Waals surface area contributed by atoms with Crippen molar-refractivity contribution in [2.45, 2.75) is 18.7 Å². The molecule has 25 heavy (non-hydrogen) atoms. The topological polar surface area (TPSA) is 75.5 Å². The van der Waals surface area contributed by atoms with Crippen LogP contribution in [0.15, 0.2) is 35.5 Å². The van der Waals surface area contributed by atoms with Gasteiger partial charge in [0, 0.05) is 39.4 Å². The smallest absolute Gasteiger partial charge is 0.257 e. The molecule has 8 heteroatoms. The summed E-state index contributed by atoms with van der Waals surface area (Å²) >= 11 is 0. The fourth-order valence-electron chi connectivity index (χ4n) is 3.07. The van der Waals surface area contributed by atoms with Crippen LogP contribution in [0.3, 0.4) is 0 Å². The van der Waals surface area contributed by atoms with E-state index in [2.05, 4.69) is 5.10 Å². The van der Waals surface area contributed by atoms with Crippen LogP contribution < -0.4 is 0 Å². The van der Waals surface area contributed by atoms with Crippen LogP contribution in [-0.4, -0.2) is 59.5 Å². The molecule has 1 saturated heterocycles. The number of carbonyl (C=O) groups is 1. The number of nitrogens with zero attached hydrogens (tertiary/aromatic N) is 4. The normalized spacial score (nSPS) is 16.2. The molecule has 3 rings (SSSR count). The molecule has 134 valence electrons. The Morgan fingerprint density at radius 1 is 1.12 bits per heavy atom. The van der Waals surface area contributed by atoms with Gasteiger partial charge in [-0.05, 0) is 25.5 Å². The summed E-state index contributed by atoms with van der Waals surface area (Å²) in [6.45, 7) is 5.08. The van der Waals surface area contributed by atoms with Gasteiger partial charge in [-0.15, -0.1) is 0 Å². The number of aryl methyl sites for hydroxylation is 3. The lowest BCUT2D eigenvalue weighted by atomic mass is 10.2. The Labute approximate surface area is 147 Å². The fraction of sp³-hybridized carbons (Fsp3) is 0.412. The van der Waals surface area contributed by atoms with Crippen LogP contribution >= 0.6 is 0 Å². The number of piperazine rings is 1. The van der Waals surface area contributed by atoms with E-state index in [0.29, 0.717) is 36.6 Å². The molecule has 0 aliphatic carbocycles. The molecule has 1 fully saturated rings. The standard InChI is InChI=1S/C17H22N4O3S/c1-13-4-5-16(14(2)10-13)25(23,24)21-8-6-20(7-9-21)17(22)15-11-18-19(3)12-15/h4-5,10-12H,6-9H2,1-3H3. The zero-order chi connectivity index (χ0) is 18.2. The van der Waals surface area contributed by atoms with Crippen molar-refractivity contribution in [1.82, 2.24) is 19.0 Å². The Morgan fingerprint density at radius 3 is 2.36 bits per heavy atom. The third-order valence-electron chi connectivity index (χ3n) is 4.43. The molecule has 7 nitrogen and oxygen atoms in total. The van der Waals surface area contributed by atoms with Crippen molar-refractivity contribution < 1.29 is 13.2 Å². The summed E-state index contributed by atoms with van der Waals surface area (Å²) in [5.74, 6) is -0.114. The number of rotatable bonds is 3. The molecule has 0 N–H and O–H groups in total. The second-order valence-electron chi connectivity index (χ2n) is 6.37. The van der Waals surface area contributed by atoms with Gasteiger partial charge in [-0.1, -0.05) is 17.7 Å². The van der Waals surface area contributed by atoms with E-state index in [-0.39, 0.29) is 5.91 Å². The Kier molecular flexibility index (Phi) is 4.66. The summed E-state index contributed by atoms with van der Waals surface area (Å²) in [7, 11) is -1.79. The lowest BCUT2D eigenvalue weighted by molar-refractivity contribution is 0.0698. The maximum atomic E-state index is 12.9. The molecule has 2 heterocycles. The minimum absolute atomic E-state index is 0.114. The first-order valence-electron chi connectivity index (χ1n) is 8.14. The number of carbonyl (C=O) groups excluding carboxylic acids is 1. The zero-order valence-corrected chi connectivity index (χ0v) is 15.5. The SMILES string of the molecule is Cc1ccc(S(=O)(=O)N2CCN(C(=O)c3cnn(C)c3)CC2)c(C)c1. The molecular formula is C17H22N4O3S. The molecule has 1 aromatic carbocycles. The van der Waals surface area contributed by atoms with Gasteiger partial charge in [0.25, 0.3) is 5.91 Å². The van der Waals surface area contributed by atoms with Crippen molar-refractivity contribution >= 4 is 15.9 Å². The Balaban J connectivity index is 1.72. The van der Waals surface area contributed by atoms with Crippen molar-refractivity contribution in [1.29, 1.82) is 0 Å². The van der Waals surface area contributed by atoms with E-state index in [4.69, 9.17) is 0 Å². The average molecular weight is 362 g/mol. The van der Waals surface area contributed by atoms with Crippen molar-refractivity contribution in [3.8, 4) is 0 Å². The molecule has 0 saturated carbocycles. The molecule has 1 aromatic heterocycles. The van der Waals surface area contributed by atoms with Crippen molar-refractivity contribution in [3.63, 3.8) is 0 Å². The van der Waals surface area contributed by atoms with Crippen LogP contribution in [0.1, 0.15) is 21.5 Å². The highest BCUT2D eigenvalue weighted by Crippen LogP contribution is 2.22. The highest BCUT2D eigenvalue weighted by atomic mass is 32.2. The molecule has 0 bridgehead atoms. The number of sulfonamides is 1. The maximum Gasteiger partial charge on any atom is 0.257 e. The van der Waals surface area contributed by atoms with Gasteiger partial charge in [0.2, 0.25) is 10.0 Å². The number of aromatic nitrogens is 2. The van der Waals surface area contributed by atoms with E-state index in [0.717, 1.165) is 11.1 Å². The molecular weight excluding hydrogens is 340 g/mol. The molecule has 1 aliphatic rings. The molecule has 0 atom stereocenters. The quantitative estimate of drug-likeness (QED) is 0.822. The van der Waals surface area contributed by atoms with E-state index in [1.165, 1.54) is 10.5 Å². The first kappa shape index (κ1) is 17.6. The molecule has 0 radical (unpaired) electrons. The summed E-state index contributed by atoms with van der Waals surface area (Å²) < 4.78 is 28.8. The predicted molar refractivity (Wildman–Crippen MR) is 93.8 cm³/mol. The third kappa shape index (κ3) is 3.45. The molecule has 1 amide bonds.